The van der Waals surface area contributed by atoms with Gasteiger partial charge in [-0.1, -0.05) is 18.2 Å². The van der Waals surface area contributed by atoms with E-state index in [2.05, 4.69) is 15.3 Å². The van der Waals surface area contributed by atoms with Crippen molar-refractivity contribution in [3.63, 3.8) is 0 Å². The van der Waals surface area contributed by atoms with Gasteiger partial charge < -0.3 is 5.32 Å². The van der Waals surface area contributed by atoms with Crippen molar-refractivity contribution in [2.24, 2.45) is 0 Å². The van der Waals surface area contributed by atoms with Crippen molar-refractivity contribution in [1.29, 1.82) is 0 Å². The molecule has 1 aliphatic rings. The number of rotatable bonds is 4. The molecule has 0 fully saturated rings. The predicted molar refractivity (Wildman–Crippen MR) is 109 cm³/mol. The van der Waals surface area contributed by atoms with Gasteiger partial charge in [-0.25, -0.2) is 23.4 Å². The molecule has 5 rings (SSSR count). The largest absolute Gasteiger partial charge is 0.324 e. The molecule has 3 heterocycles. The smallest absolute Gasteiger partial charge is 0.275 e. The van der Waals surface area contributed by atoms with Gasteiger partial charge in [0.1, 0.15) is 11.6 Å². The maximum atomic E-state index is 13.5. The predicted octanol–water partition coefficient (Wildman–Crippen LogP) is 4.20. The van der Waals surface area contributed by atoms with Gasteiger partial charge in [0.2, 0.25) is 5.95 Å². The third-order valence-electron chi connectivity index (χ3n) is 5.09. The molecule has 6 nitrogen and oxygen atoms in total. The van der Waals surface area contributed by atoms with Crippen molar-refractivity contribution in [2.75, 3.05) is 5.32 Å². The highest BCUT2D eigenvalue weighted by molar-refractivity contribution is 5.79. The zero-order chi connectivity index (χ0) is 20.7. The molecule has 0 aliphatic carbocycles. The number of halogens is 2. The molecule has 0 bridgehead atoms. The minimum Gasteiger partial charge on any atom is -0.324 e. The number of aromatic nitrogens is 4. The monoisotopic (exact) mass is 405 g/mol. The van der Waals surface area contributed by atoms with E-state index in [1.165, 1.54) is 24.3 Å². The Labute approximate surface area is 170 Å². The van der Waals surface area contributed by atoms with Gasteiger partial charge in [-0.05, 0) is 48.4 Å². The van der Waals surface area contributed by atoms with Crippen molar-refractivity contribution in [3.05, 3.63) is 82.8 Å². The third-order valence-corrected chi connectivity index (χ3v) is 5.09. The fraction of sp³-hybridized carbons (Fsp3) is 0.136. The molecule has 0 spiro atoms. The molecule has 0 saturated carbocycles. The van der Waals surface area contributed by atoms with E-state index in [-0.39, 0.29) is 23.1 Å². The van der Waals surface area contributed by atoms with E-state index in [0.717, 1.165) is 6.42 Å². The van der Waals surface area contributed by atoms with Crippen molar-refractivity contribution in [2.45, 2.75) is 19.5 Å². The summed E-state index contributed by atoms with van der Waals surface area (Å²) in [6.07, 6.45) is 2.44. The molecule has 0 unspecified atom stereocenters. The lowest BCUT2D eigenvalue weighted by Crippen LogP contribution is -2.17. The first-order valence-electron chi connectivity index (χ1n) is 9.56. The van der Waals surface area contributed by atoms with E-state index < -0.39 is 0 Å². The molecule has 1 aliphatic heterocycles. The lowest BCUT2D eigenvalue weighted by atomic mass is 10.0. The fourth-order valence-corrected chi connectivity index (χ4v) is 3.80. The summed E-state index contributed by atoms with van der Waals surface area (Å²) in [5.74, 6) is -0.448. The number of nitrogens with zero attached hydrogens (tertiary/aromatic N) is 4. The second-order valence-corrected chi connectivity index (χ2v) is 7.04. The molecule has 150 valence electrons. The average molecular weight is 405 g/mol. The summed E-state index contributed by atoms with van der Waals surface area (Å²) in [6.45, 7) is 1.30. The van der Waals surface area contributed by atoms with Crippen LogP contribution in [0.3, 0.4) is 0 Å². The third kappa shape index (κ3) is 3.16. The van der Waals surface area contributed by atoms with E-state index >= 15 is 0 Å². The minimum atomic E-state index is -0.369. The van der Waals surface area contributed by atoms with Crippen molar-refractivity contribution in [3.8, 4) is 22.5 Å². The fourth-order valence-electron chi connectivity index (χ4n) is 3.80. The summed E-state index contributed by atoms with van der Waals surface area (Å²) in [7, 11) is 0. The Kier molecular flexibility index (Phi) is 4.39. The van der Waals surface area contributed by atoms with Crippen LogP contribution in [0.2, 0.25) is 0 Å². The standard InChI is InChI=1S/C22H17F2N5O/c23-15-7-5-14(6-8-15)19-20(28-11-2-12-29(28)21(19)30)18-9-10-25-22(27-18)26-17-4-1-3-16(24)13-17/h1,3-10,13H,2,11-12H2,(H,25,26,27). The number of anilines is 2. The molecule has 2 aromatic carbocycles. The first-order valence-corrected chi connectivity index (χ1v) is 9.56. The number of nitrogens with one attached hydrogen (secondary N) is 1. The second-order valence-electron chi connectivity index (χ2n) is 7.04. The van der Waals surface area contributed by atoms with E-state index in [4.69, 9.17) is 0 Å². The van der Waals surface area contributed by atoms with Gasteiger partial charge in [-0.2, -0.15) is 0 Å². The van der Waals surface area contributed by atoms with Crippen LogP contribution in [-0.4, -0.2) is 19.3 Å². The maximum Gasteiger partial charge on any atom is 0.275 e. The van der Waals surface area contributed by atoms with Crippen molar-refractivity contribution >= 4 is 11.6 Å². The Balaban J connectivity index is 1.63. The summed E-state index contributed by atoms with van der Waals surface area (Å²) in [5, 5.41) is 2.99. The Hall–Kier alpha value is -3.81. The number of fused-ring (bicyclic) bond motifs is 1. The van der Waals surface area contributed by atoms with Crippen LogP contribution >= 0.6 is 0 Å². The Morgan fingerprint density at radius 3 is 2.53 bits per heavy atom. The first-order chi connectivity index (χ1) is 14.6. The van der Waals surface area contributed by atoms with Gasteiger partial charge in [-0.3, -0.25) is 9.48 Å². The lowest BCUT2D eigenvalue weighted by molar-refractivity contribution is 0.599. The Bertz CT molecular complexity index is 1290. The molecule has 30 heavy (non-hydrogen) atoms. The molecule has 0 saturated heterocycles. The van der Waals surface area contributed by atoms with E-state index in [9.17, 15) is 13.6 Å². The van der Waals surface area contributed by atoms with Crippen LogP contribution in [0, 0.1) is 11.6 Å². The Morgan fingerprint density at radius 1 is 0.933 bits per heavy atom. The highest BCUT2D eigenvalue weighted by atomic mass is 19.1. The van der Waals surface area contributed by atoms with E-state index in [1.54, 1.807) is 41.2 Å². The second kappa shape index (κ2) is 7.22. The van der Waals surface area contributed by atoms with Crippen LogP contribution in [-0.2, 0) is 13.1 Å². The minimum absolute atomic E-state index is 0.132. The van der Waals surface area contributed by atoms with Crippen molar-refractivity contribution < 1.29 is 8.78 Å². The summed E-state index contributed by atoms with van der Waals surface area (Å²) in [6, 6.07) is 13.6. The molecule has 0 atom stereocenters. The molecular formula is C22H17F2N5O. The normalized spacial score (nSPS) is 12.7. The summed E-state index contributed by atoms with van der Waals surface area (Å²) >= 11 is 0. The SMILES string of the molecule is O=c1c(-c2ccc(F)cc2)c(-c2ccnc(Nc3cccc(F)c3)n2)n2n1CCC2. The average Bonchev–Trinajstić information content (AvgIpc) is 3.31. The maximum absolute atomic E-state index is 13.5. The lowest BCUT2D eigenvalue weighted by Gasteiger charge is -2.10. The highest BCUT2D eigenvalue weighted by Gasteiger charge is 2.26. The number of hydrogen-bond acceptors (Lipinski definition) is 4. The van der Waals surface area contributed by atoms with Gasteiger partial charge in [0.15, 0.2) is 0 Å². The van der Waals surface area contributed by atoms with Crippen LogP contribution in [0.1, 0.15) is 6.42 Å². The number of hydrogen-bond donors (Lipinski definition) is 1. The van der Waals surface area contributed by atoms with Gasteiger partial charge >= 0.3 is 0 Å². The molecule has 0 amide bonds. The quantitative estimate of drug-likeness (QED) is 0.553. The van der Waals surface area contributed by atoms with Crippen LogP contribution in [0.4, 0.5) is 20.4 Å². The summed E-state index contributed by atoms with van der Waals surface area (Å²) in [5.41, 5.74) is 2.71. The highest BCUT2D eigenvalue weighted by Crippen LogP contribution is 2.32. The summed E-state index contributed by atoms with van der Waals surface area (Å²) in [4.78, 5) is 21.9. The van der Waals surface area contributed by atoms with Crippen LogP contribution in [0.15, 0.2) is 65.6 Å². The van der Waals surface area contributed by atoms with Crippen LogP contribution < -0.4 is 10.9 Å². The zero-order valence-electron chi connectivity index (χ0n) is 15.8. The molecule has 4 aromatic rings. The van der Waals surface area contributed by atoms with Gasteiger partial charge in [0, 0.05) is 25.0 Å². The van der Waals surface area contributed by atoms with Crippen LogP contribution in [0.5, 0.6) is 0 Å². The summed E-state index contributed by atoms with van der Waals surface area (Å²) < 4.78 is 30.5. The molecular weight excluding hydrogens is 388 g/mol. The molecule has 1 N–H and O–H groups in total. The topological polar surface area (TPSA) is 64.7 Å². The zero-order valence-corrected chi connectivity index (χ0v) is 15.8. The number of benzene rings is 2. The first kappa shape index (κ1) is 18.2. The molecule has 2 aromatic heterocycles. The van der Waals surface area contributed by atoms with E-state index in [1.807, 2.05) is 4.68 Å². The molecule has 8 heteroatoms. The Morgan fingerprint density at radius 2 is 1.73 bits per heavy atom. The van der Waals surface area contributed by atoms with Gasteiger partial charge in [0.25, 0.3) is 5.56 Å². The van der Waals surface area contributed by atoms with Gasteiger partial charge in [-0.15, -0.1) is 0 Å². The van der Waals surface area contributed by atoms with Crippen LogP contribution in [0.25, 0.3) is 22.5 Å². The van der Waals surface area contributed by atoms with Gasteiger partial charge in [0.05, 0.1) is 17.0 Å². The molecule has 0 radical (unpaired) electrons. The van der Waals surface area contributed by atoms with Crippen molar-refractivity contribution in [1.82, 2.24) is 19.3 Å². The van der Waals surface area contributed by atoms with E-state index in [0.29, 0.717) is 41.3 Å².